The van der Waals surface area contributed by atoms with Gasteiger partial charge in [-0.1, -0.05) is 35.2 Å². The lowest BCUT2D eigenvalue weighted by atomic mass is 10.2. The predicted molar refractivity (Wildman–Crippen MR) is 111 cm³/mol. The van der Waals surface area contributed by atoms with Crippen molar-refractivity contribution in [2.75, 3.05) is 23.2 Å². The van der Waals surface area contributed by atoms with Crippen LogP contribution in [0.3, 0.4) is 0 Å². The van der Waals surface area contributed by atoms with Crippen LogP contribution in [0.4, 0.5) is 16.5 Å². The van der Waals surface area contributed by atoms with Gasteiger partial charge >= 0.3 is 0 Å². The molecule has 1 aliphatic rings. The van der Waals surface area contributed by atoms with Gasteiger partial charge in [0.05, 0.1) is 0 Å². The zero-order chi connectivity index (χ0) is 19.3. The van der Waals surface area contributed by atoms with E-state index in [2.05, 4.69) is 26.9 Å². The van der Waals surface area contributed by atoms with Crippen molar-refractivity contribution in [2.24, 2.45) is 0 Å². The third kappa shape index (κ3) is 4.73. The van der Waals surface area contributed by atoms with Crippen molar-refractivity contribution in [3.8, 4) is 11.5 Å². The molecule has 28 heavy (non-hydrogen) atoms. The van der Waals surface area contributed by atoms with Crippen LogP contribution in [-0.4, -0.2) is 28.7 Å². The first-order chi connectivity index (χ1) is 13.7. The van der Waals surface area contributed by atoms with Crippen LogP contribution in [0, 0.1) is 6.92 Å². The van der Waals surface area contributed by atoms with Gasteiger partial charge in [0.15, 0.2) is 15.8 Å². The molecular formula is C19H18N4O3S2. The summed E-state index contributed by atoms with van der Waals surface area (Å²) >= 11 is 2.98. The van der Waals surface area contributed by atoms with E-state index in [4.69, 9.17) is 9.47 Å². The molecule has 2 N–H and O–H groups in total. The standard InChI is InChI=1S/C19H18N4O3S2/c1-12-3-2-4-13(9-12)21-18-22-23-19(28-18)27-8-7-17(24)20-14-5-6-15-16(10-14)26-11-25-15/h2-6,9-10H,7-8,11H2,1H3,(H,20,24)(H,21,22). The minimum absolute atomic E-state index is 0.0611. The minimum Gasteiger partial charge on any atom is -0.454 e. The fraction of sp³-hybridized carbons (Fsp3) is 0.211. The molecule has 0 aliphatic carbocycles. The van der Waals surface area contributed by atoms with E-state index in [1.54, 1.807) is 18.2 Å². The van der Waals surface area contributed by atoms with E-state index in [1.165, 1.54) is 28.7 Å². The third-order valence-electron chi connectivity index (χ3n) is 3.89. The van der Waals surface area contributed by atoms with E-state index in [0.29, 0.717) is 29.4 Å². The molecule has 0 atom stereocenters. The van der Waals surface area contributed by atoms with Crippen LogP contribution in [-0.2, 0) is 4.79 Å². The zero-order valence-corrected chi connectivity index (χ0v) is 16.7. The Kier molecular flexibility index (Phi) is 5.63. The number of aryl methyl sites for hydroxylation is 1. The zero-order valence-electron chi connectivity index (χ0n) is 15.1. The maximum Gasteiger partial charge on any atom is 0.231 e. The van der Waals surface area contributed by atoms with Crippen LogP contribution >= 0.6 is 23.1 Å². The summed E-state index contributed by atoms with van der Waals surface area (Å²) in [6.07, 6.45) is 0.374. The van der Waals surface area contributed by atoms with Crippen molar-refractivity contribution >= 4 is 45.5 Å². The Morgan fingerprint density at radius 3 is 2.93 bits per heavy atom. The summed E-state index contributed by atoms with van der Waals surface area (Å²) in [5, 5.41) is 15.2. The highest BCUT2D eigenvalue weighted by molar-refractivity contribution is 8.01. The van der Waals surface area contributed by atoms with Gasteiger partial charge in [-0.2, -0.15) is 0 Å². The molecule has 1 amide bonds. The number of hydrogen-bond donors (Lipinski definition) is 2. The van der Waals surface area contributed by atoms with Gasteiger partial charge in [-0.3, -0.25) is 4.79 Å². The molecule has 3 aromatic rings. The Hall–Kier alpha value is -2.78. The van der Waals surface area contributed by atoms with E-state index in [1.807, 2.05) is 25.1 Å². The van der Waals surface area contributed by atoms with Crippen LogP contribution in [0.2, 0.25) is 0 Å². The van der Waals surface area contributed by atoms with Crippen molar-refractivity contribution in [1.29, 1.82) is 0 Å². The SMILES string of the molecule is Cc1cccc(Nc2nnc(SCCC(=O)Nc3ccc4c(c3)OCO4)s2)c1. The van der Waals surface area contributed by atoms with Crippen molar-refractivity contribution in [2.45, 2.75) is 17.7 Å². The molecule has 2 heterocycles. The van der Waals surface area contributed by atoms with Gasteiger partial charge in [-0.15, -0.1) is 10.2 Å². The number of aromatic nitrogens is 2. The van der Waals surface area contributed by atoms with Crippen LogP contribution in [0.1, 0.15) is 12.0 Å². The fourth-order valence-corrected chi connectivity index (χ4v) is 4.37. The number of carbonyl (C=O) groups excluding carboxylic acids is 1. The van der Waals surface area contributed by atoms with E-state index in [9.17, 15) is 4.79 Å². The number of nitrogens with one attached hydrogen (secondary N) is 2. The molecule has 9 heteroatoms. The fourth-order valence-electron chi connectivity index (χ4n) is 2.59. The number of hydrogen-bond acceptors (Lipinski definition) is 8. The number of benzene rings is 2. The Labute approximate surface area is 170 Å². The maximum atomic E-state index is 12.1. The van der Waals surface area contributed by atoms with E-state index in [0.717, 1.165) is 15.2 Å². The van der Waals surface area contributed by atoms with E-state index >= 15 is 0 Å². The van der Waals surface area contributed by atoms with Crippen LogP contribution in [0.15, 0.2) is 46.8 Å². The van der Waals surface area contributed by atoms with Crippen LogP contribution in [0.25, 0.3) is 0 Å². The van der Waals surface area contributed by atoms with Gasteiger partial charge in [-0.25, -0.2) is 0 Å². The summed E-state index contributed by atoms with van der Waals surface area (Å²) in [4.78, 5) is 12.1. The second-order valence-electron chi connectivity index (χ2n) is 6.08. The summed E-state index contributed by atoms with van der Waals surface area (Å²) in [6.45, 7) is 2.26. The lowest BCUT2D eigenvalue weighted by molar-refractivity contribution is -0.115. The highest BCUT2D eigenvalue weighted by Crippen LogP contribution is 2.34. The molecule has 0 bridgehead atoms. The van der Waals surface area contributed by atoms with Gasteiger partial charge in [0.25, 0.3) is 0 Å². The summed E-state index contributed by atoms with van der Waals surface area (Å²) < 4.78 is 11.4. The molecule has 144 valence electrons. The second kappa shape index (κ2) is 8.49. The van der Waals surface area contributed by atoms with Crippen molar-refractivity contribution in [3.05, 3.63) is 48.0 Å². The second-order valence-corrected chi connectivity index (χ2v) is 8.40. The molecule has 7 nitrogen and oxygen atoms in total. The molecule has 0 fully saturated rings. The topological polar surface area (TPSA) is 85.4 Å². The molecule has 1 aliphatic heterocycles. The lowest BCUT2D eigenvalue weighted by Crippen LogP contribution is -2.12. The number of carbonyl (C=O) groups is 1. The summed E-state index contributed by atoms with van der Waals surface area (Å²) in [5.41, 5.74) is 2.85. The van der Waals surface area contributed by atoms with Gasteiger partial charge in [0.1, 0.15) is 0 Å². The normalized spacial score (nSPS) is 12.0. The Bertz CT molecular complexity index is 993. The number of thioether (sulfide) groups is 1. The van der Waals surface area contributed by atoms with E-state index in [-0.39, 0.29) is 12.7 Å². The predicted octanol–water partition coefficient (Wildman–Crippen LogP) is 4.44. The summed E-state index contributed by atoms with van der Waals surface area (Å²) in [6, 6.07) is 13.4. The highest BCUT2D eigenvalue weighted by atomic mass is 32.2. The van der Waals surface area contributed by atoms with Gasteiger partial charge < -0.3 is 20.1 Å². The maximum absolute atomic E-state index is 12.1. The molecule has 1 aromatic heterocycles. The monoisotopic (exact) mass is 414 g/mol. The number of nitrogens with zero attached hydrogens (tertiary/aromatic N) is 2. The van der Waals surface area contributed by atoms with Gasteiger partial charge in [-0.05, 0) is 36.8 Å². The molecule has 0 spiro atoms. The van der Waals surface area contributed by atoms with Crippen LogP contribution < -0.4 is 20.1 Å². The Balaban J connectivity index is 1.24. The molecule has 0 radical (unpaired) electrons. The number of anilines is 3. The first-order valence-corrected chi connectivity index (χ1v) is 10.5. The molecule has 0 saturated heterocycles. The average Bonchev–Trinajstić information content (AvgIpc) is 3.30. The third-order valence-corrected chi connectivity index (χ3v) is 5.86. The number of fused-ring (bicyclic) bond motifs is 1. The quantitative estimate of drug-likeness (QED) is 0.553. The van der Waals surface area contributed by atoms with Crippen molar-refractivity contribution in [3.63, 3.8) is 0 Å². The Morgan fingerprint density at radius 2 is 2.04 bits per heavy atom. The smallest absolute Gasteiger partial charge is 0.231 e. The first-order valence-electron chi connectivity index (χ1n) is 8.65. The van der Waals surface area contributed by atoms with E-state index < -0.39 is 0 Å². The summed E-state index contributed by atoms with van der Waals surface area (Å²) in [5.74, 6) is 1.90. The lowest BCUT2D eigenvalue weighted by Gasteiger charge is -2.05. The largest absolute Gasteiger partial charge is 0.454 e. The first kappa shape index (κ1) is 18.6. The van der Waals surface area contributed by atoms with Gasteiger partial charge in [0.2, 0.25) is 17.8 Å². The minimum atomic E-state index is -0.0611. The van der Waals surface area contributed by atoms with Crippen molar-refractivity contribution < 1.29 is 14.3 Å². The molecule has 2 aromatic carbocycles. The molecule has 4 rings (SSSR count). The average molecular weight is 415 g/mol. The van der Waals surface area contributed by atoms with Crippen LogP contribution in [0.5, 0.6) is 11.5 Å². The Morgan fingerprint density at radius 1 is 1.14 bits per heavy atom. The number of amides is 1. The number of rotatable bonds is 7. The van der Waals surface area contributed by atoms with Gasteiger partial charge in [0, 0.05) is 29.6 Å². The number of ether oxygens (including phenoxy) is 2. The molecular weight excluding hydrogens is 396 g/mol. The highest BCUT2D eigenvalue weighted by Gasteiger charge is 2.14. The molecule has 0 unspecified atom stereocenters. The summed E-state index contributed by atoms with van der Waals surface area (Å²) in [7, 11) is 0. The molecule has 0 saturated carbocycles. The van der Waals surface area contributed by atoms with Crippen molar-refractivity contribution in [1.82, 2.24) is 10.2 Å².